The van der Waals surface area contributed by atoms with Gasteiger partial charge in [-0.3, -0.25) is 0 Å². The molecule has 3 heteroatoms. The smallest absolute Gasteiger partial charge is 0.0769 e. The zero-order valence-electron chi connectivity index (χ0n) is 9.28. The molecule has 0 N–H and O–H groups in total. The van der Waals surface area contributed by atoms with Gasteiger partial charge in [-0.05, 0) is 50.5 Å². The molecule has 0 radical (unpaired) electrons. The quantitative estimate of drug-likeness (QED) is 0.744. The van der Waals surface area contributed by atoms with Gasteiger partial charge in [-0.25, -0.2) is 0 Å². The number of benzene rings is 1. The molecule has 0 saturated carbocycles. The summed E-state index contributed by atoms with van der Waals surface area (Å²) in [6.07, 6.45) is 0. The average Bonchev–Trinajstić information content (AvgIpc) is 2.20. The van der Waals surface area contributed by atoms with Crippen molar-refractivity contribution in [3.8, 4) is 6.07 Å². The van der Waals surface area contributed by atoms with Crippen molar-refractivity contribution in [3.63, 3.8) is 0 Å². The minimum Gasteiger partial charge on any atom is -0.197 e. The molecule has 0 heterocycles. The molecule has 0 unspecified atom stereocenters. The monoisotopic (exact) mass is 285 g/mol. The fourth-order valence-electron chi connectivity index (χ4n) is 1.56. The molecule has 1 rings (SSSR count). The summed E-state index contributed by atoms with van der Waals surface area (Å²) >= 11 is 9.62. The lowest BCUT2D eigenvalue weighted by molar-refractivity contribution is 0.680. The largest absolute Gasteiger partial charge is 0.197 e. The number of rotatable bonds is 1. The van der Waals surface area contributed by atoms with Gasteiger partial charge >= 0.3 is 0 Å². The van der Waals surface area contributed by atoms with Crippen molar-refractivity contribution in [2.75, 3.05) is 0 Å². The van der Waals surface area contributed by atoms with Crippen LogP contribution in [-0.4, -0.2) is 0 Å². The van der Waals surface area contributed by atoms with Crippen LogP contribution in [0.25, 0.3) is 0 Å². The third-order valence-corrected chi connectivity index (χ3v) is 4.23. The van der Waals surface area contributed by atoms with E-state index < -0.39 is 5.41 Å². The maximum atomic E-state index is 9.11. The van der Waals surface area contributed by atoms with Crippen molar-refractivity contribution in [1.29, 1.82) is 5.26 Å². The maximum Gasteiger partial charge on any atom is 0.0769 e. The first-order chi connectivity index (χ1) is 6.81. The lowest BCUT2D eigenvalue weighted by Crippen LogP contribution is -2.16. The predicted molar refractivity (Wildman–Crippen MR) is 67.3 cm³/mol. The van der Waals surface area contributed by atoms with E-state index in [2.05, 4.69) is 22.0 Å². The molecule has 1 nitrogen and oxygen atoms in total. The van der Waals surface area contributed by atoms with Crippen LogP contribution in [0.3, 0.4) is 0 Å². The van der Waals surface area contributed by atoms with Crippen molar-refractivity contribution in [1.82, 2.24) is 0 Å². The Morgan fingerprint density at radius 2 is 1.87 bits per heavy atom. The molecule has 0 aliphatic carbocycles. The zero-order valence-corrected chi connectivity index (χ0v) is 11.6. The topological polar surface area (TPSA) is 23.8 Å². The van der Waals surface area contributed by atoms with Crippen LogP contribution in [0.15, 0.2) is 10.5 Å². The molecule has 0 aromatic heterocycles. The highest BCUT2D eigenvalue weighted by Crippen LogP contribution is 2.35. The van der Waals surface area contributed by atoms with Gasteiger partial charge in [0.05, 0.1) is 11.5 Å². The third-order valence-electron chi connectivity index (χ3n) is 2.64. The van der Waals surface area contributed by atoms with Gasteiger partial charge in [0, 0.05) is 9.50 Å². The summed E-state index contributed by atoms with van der Waals surface area (Å²) in [6.45, 7) is 7.76. The summed E-state index contributed by atoms with van der Waals surface area (Å²) in [6, 6.07) is 4.18. The molecule has 0 atom stereocenters. The molecule has 0 fully saturated rings. The van der Waals surface area contributed by atoms with E-state index in [-0.39, 0.29) is 0 Å². The van der Waals surface area contributed by atoms with Crippen molar-refractivity contribution in [2.24, 2.45) is 0 Å². The Morgan fingerprint density at radius 1 is 1.33 bits per heavy atom. The highest BCUT2D eigenvalue weighted by molar-refractivity contribution is 9.10. The highest BCUT2D eigenvalue weighted by atomic mass is 79.9. The molecule has 0 spiro atoms. The zero-order chi connectivity index (χ0) is 11.8. The summed E-state index contributed by atoms with van der Waals surface area (Å²) in [4.78, 5) is 0. The van der Waals surface area contributed by atoms with Gasteiger partial charge in [0.1, 0.15) is 0 Å². The summed E-state index contributed by atoms with van der Waals surface area (Å²) < 4.78 is 0.994. The molecule has 0 aliphatic rings. The first kappa shape index (κ1) is 12.5. The SMILES string of the molecule is Cc1c(Cl)cc(C(C)(C)C#N)c(C)c1Br. The van der Waals surface area contributed by atoms with E-state index >= 15 is 0 Å². The van der Waals surface area contributed by atoms with Gasteiger partial charge in [0.2, 0.25) is 0 Å². The van der Waals surface area contributed by atoms with E-state index in [1.54, 1.807) is 0 Å². The molecule has 0 saturated heterocycles. The maximum absolute atomic E-state index is 9.11. The Balaban J connectivity index is 3.54. The van der Waals surface area contributed by atoms with Crippen molar-refractivity contribution >= 4 is 27.5 Å². The number of nitriles is 1. The van der Waals surface area contributed by atoms with Crippen molar-refractivity contribution < 1.29 is 0 Å². The summed E-state index contributed by atoms with van der Waals surface area (Å²) in [7, 11) is 0. The van der Waals surface area contributed by atoms with Gasteiger partial charge < -0.3 is 0 Å². The van der Waals surface area contributed by atoms with Crippen molar-refractivity contribution in [3.05, 3.63) is 32.3 Å². The molecule has 15 heavy (non-hydrogen) atoms. The van der Waals surface area contributed by atoms with Crippen LogP contribution in [0.1, 0.15) is 30.5 Å². The van der Waals surface area contributed by atoms with Crippen LogP contribution in [0, 0.1) is 25.2 Å². The second kappa shape index (κ2) is 4.15. The number of hydrogen-bond acceptors (Lipinski definition) is 1. The van der Waals surface area contributed by atoms with Gasteiger partial charge in [-0.2, -0.15) is 5.26 Å². The van der Waals surface area contributed by atoms with Crippen LogP contribution in [0.2, 0.25) is 5.02 Å². The fraction of sp³-hybridized carbons (Fsp3) is 0.417. The standard InChI is InChI=1S/C12H13BrClN/c1-7-9(12(3,4)6-15)5-10(14)8(2)11(7)13/h5H,1-4H3. The number of hydrogen-bond donors (Lipinski definition) is 0. The molecule has 1 aromatic rings. The van der Waals surface area contributed by atoms with E-state index in [1.807, 2.05) is 33.8 Å². The second-order valence-electron chi connectivity index (χ2n) is 4.21. The van der Waals surface area contributed by atoms with Gasteiger partial charge in [0.25, 0.3) is 0 Å². The Morgan fingerprint density at radius 3 is 2.33 bits per heavy atom. The highest BCUT2D eigenvalue weighted by Gasteiger charge is 2.24. The van der Waals surface area contributed by atoms with E-state index in [9.17, 15) is 0 Å². The lowest BCUT2D eigenvalue weighted by Gasteiger charge is -2.21. The summed E-state index contributed by atoms with van der Waals surface area (Å²) in [5.74, 6) is 0. The Labute approximate surface area is 104 Å². The molecular formula is C12H13BrClN. The van der Waals surface area contributed by atoms with Gasteiger partial charge in [-0.1, -0.05) is 27.5 Å². The van der Waals surface area contributed by atoms with Crippen LogP contribution in [-0.2, 0) is 5.41 Å². The van der Waals surface area contributed by atoms with Gasteiger partial charge in [-0.15, -0.1) is 0 Å². The van der Waals surface area contributed by atoms with Crippen LogP contribution in [0.4, 0.5) is 0 Å². The van der Waals surface area contributed by atoms with E-state index in [0.29, 0.717) is 5.02 Å². The molecule has 1 aromatic carbocycles. The van der Waals surface area contributed by atoms with Crippen LogP contribution < -0.4 is 0 Å². The van der Waals surface area contributed by atoms with Gasteiger partial charge in [0.15, 0.2) is 0 Å². The van der Waals surface area contributed by atoms with Crippen LogP contribution in [0.5, 0.6) is 0 Å². The molecule has 80 valence electrons. The normalized spacial score (nSPS) is 11.3. The Hall–Kier alpha value is -0.520. The molecule has 0 bridgehead atoms. The lowest BCUT2D eigenvalue weighted by atomic mass is 9.83. The molecule has 0 amide bonds. The first-order valence-electron chi connectivity index (χ1n) is 4.68. The number of nitrogens with zero attached hydrogens (tertiary/aromatic N) is 1. The Kier molecular flexibility index (Phi) is 3.48. The Bertz CT molecular complexity index is 444. The summed E-state index contributed by atoms with van der Waals surface area (Å²) in [5, 5.41) is 9.81. The van der Waals surface area contributed by atoms with Crippen LogP contribution >= 0.6 is 27.5 Å². The fourth-order valence-corrected chi connectivity index (χ4v) is 2.30. The molecule has 0 aliphatic heterocycles. The number of halogens is 2. The molecular weight excluding hydrogens is 273 g/mol. The van der Waals surface area contributed by atoms with E-state index in [4.69, 9.17) is 16.9 Å². The van der Waals surface area contributed by atoms with Crippen molar-refractivity contribution in [2.45, 2.75) is 33.1 Å². The minimum absolute atomic E-state index is 0.510. The minimum atomic E-state index is -0.510. The average molecular weight is 287 g/mol. The summed E-state index contributed by atoms with van der Waals surface area (Å²) in [5.41, 5.74) is 2.58. The second-order valence-corrected chi connectivity index (χ2v) is 5.41. The third kappa shape index (κ3) is 2.19. The van der Waals surface area contributed by atoms with E-state index in [0.717, 1.165) is 21.2 Å². The predicted octanol–water partition coefficient (Wildman–Crippen LogP) is 4.52. The van der Waals surface area contributed by atoms with E-state index in [1.165, 1.54) is 0 Å². The first-order valence-corrected chi connectivity index (χ1v) is 5.85.